The van der Waals surface area contributed by atoms with Gasteiger partial charge in [-0.05, 0) is 36.8 Å². The van der Waals surface area contributed by atoms with Gasteiger partial charge in [0.1, 0.15) is 17.5 Å². The summed E-state index contributed by atoms with van der Waals surface area (Å²) >= 11 is 5.92. The van der Waals surface area contributed by atoms with Crippen LogP contribution in [0, 0.1) is 17.5 Å². The van der Waals surface area contributed by atoms with Gasteiger partial charge in [-0.15, -0.1) is 0 Å². The number of hydrogen-bond donors (Lipinski definition) is 1. The third kappa shape index (κ3) is 3.20. The normalized spacial score (nSPS) is 12.3. The molecule has 0 heterocycles. The maximum atomic E-state index is 13.5. The summed E-state index contributed by atoms with van der Waals surface area (Å²) in [6, 6.07) is 6.91. The monoisotopic (exact) mass is 285 g/mol. The molecule has 0 fully saturated rings. The molecule has 5 heteroatoms. The molecule has 0 bridgehead atoms. The fourth-order valence-electron chi connectivity index (χ4n) is 1.77. The van der Waals surface area contributed by atoms with Crippen molar-refractivity contribution in [2.75, 3.05) is 5.32 Å². The van der Waals surface area contributed by atoms with Crippen molar-refractivity contribution < 1.29 is 13.2 Å². The van der Waals surface area contributed by atoms with E-state index in [1.54, 1.807) is 6.92 Å². The highest BCUT2D eigenvalue weighted by Crippen LogP contribution is 2.27. The van der Waals surface area contributed by atoms with Crippen molar-refractivity contribution in [3.05, 3.63) is 64.4 Å². The van der Waals surface area contributed by atoms with Crippen LogP contribution in [0.4, 0.5) is 18.9 Å². The third-order valence-electron chi connectivity index (χ3n) is 2.73. The first-order chi connectivity index (χ1) is 8.97. The average Bonchev–Trinajstić information content (AvgIpc) is 2.32. The van der Waals surface area contributed by atoms with Gasteiger partial charge in [-0.1, -0.05) is 17.7 Å². The summed E-state index contributed by atoms with van der Waals surface area (Å²) in [5.74, 6) is -1.77. The van der Waals surface area contributed by atoms with Gasteiger partial charge in [0.15, 0.2) is 0 Å². The van der Waals surface area contributed by atoms with Crippen LogP contribution in [0.1, 0.15) is 18.5 Å². The van der Waals surface area contributed by atoms with E-state index in [1.165, 1.54) is 24.3 Å². The lowest BCUT2D eigenvalue weighted by Crippen LogP contribution is -2.08. The van der Waals surface area contributed by atoms with Crippen LogP contribution >= 0.6 is 11.6 Å². The molecule has 19 heavy (non-hydrogen) atoms. The van der Waals surface area contributed by atoms with Crippen LogP contribution in [-0.2, 0) is 0 Å². The predicted molar refractivity (Wildman–Crippen MR) is 69.8 cm³/mol. The smallest absolute Gasteiger partial charge is 0.149 e. The number of nitrogens with one attached hydrogen (secondary N) is 1. The first-order valence-electron chi connectivity index (χ1n) is 5.64. The predicted octanol–water partition coefficient (Wildman–Crippen LogP) is 4.93. The zero-order chi connectivity index (χ0) is 14.0. The van der Waals surface area contributed by atoms with Gasteiger partial charge < -0.3 is 5.32 Å². The first-order valence-corrected chi connectivity index (χ1v) is 6.01. The molecule has 1 N–H and O–H groups in total. The molecule has 0 amide bonds. The minimum atomic E-state index is -0.690. The zero-order valence-electron chi connectivity index (χ0n) is 10.1. The second kappa shape index (κ2) is 5.53. The van der Waals surface area contributed by atoms with Crippen molar-refractivity contribution in [2.45, 2.75) is 13.0 Å². The summed E-state index contributed by atoms with van der Waals surface area (Å²) in [5.41, 5.74) is 0.793. The minimum absolute atomic E-state index is 0.161. The van der Waals surface area contributed by atoms with E-state index in [2.05, 4.69) is 5.32 Å². The topological polar surface area (TPSA) is 12.0 Å². The van der Waals surface area contributed by atoms with E-state index in [0.29, 0.717) is 5.56 Å². The highest BCUT2D eigenvalue weighted by Gasteiger charge is 2.12. The largest absolute Gasteiger partial charge is 0.376 e. The van der Waals surface area contributed by atoms with Gasteiger partial charge in [-0.2, -0.15) is 0 Å². The van der Waals surface area contributed by atoms with Crippen LogP contribution in [0.15, 0.2) is 36.4 Å². The number of anilines is 1. The second-order valence-electron chi connectivity index (χ2n) is 4.16. The Morgan fingerprint density at radius 1 is 1.00 bits per heavy atom. The van der Waals surface area contributed by atoms with Crippen LogP contribution in [0.25, 0.3) is 0 Å². The summed E-state index contributed by atoms with van der Waals surface area (Å²) < 4.78 is 39.2. The molecule has 1 unspecified atom stereocenters. The SMILES string of the molecule is CC(Nc1ccc(F)cc1F)c1ccc(F)cc1Cl. The Morgan fingerprint density at radius 2 is 1.63 bits per heavy atom. The second-order valence-corrected chi connectivity index (χ2v) is 4.56. The van der Waals surface area contributed by atoms with Crippen LogP contribution < -0.4 is 5.32 Å². The van der Waals surface area contributed by atoms with Crippen LogP contribution in [0.2, 0.25) is 5.02 Å². The number of rotatable bonds is 3. The molecular formula is C14H11ClF3N. The molecule has 0 aliphatic rings. The maximum absolute atomic E-state index is 13.5. The van der Waals surface area contributed by atoms with Gasteiger partial charge in [-0.25, -0.2) is 13.2 Å². The Morgan fingerprint density at radius 3 is 2.26 bits per heavy atom. The van der Waals surface area contributed by atoms with Crippen LogP contribution in [0.5, 0.6) is 0 Å². The Kier molecular flexibility index (Phi) is 4.00. The van der Waals surface area contributed by atoms with E-state index in [4.69, 9.17) is 11.6 Å². The highest BCUT2D eigenvalue weighted by atomic mass is 35.5. The van der Waals surface area contributed by atoms with Crippen molar-refractivity contribution in [3.63, 3.8) is 0 Å². The van der Waals surface area contributed by atoms with E-state index in [1.807, 2.05) is 0 Å². The van der Waals surface area contributed by atoms with E-state index in [-0.39, 0.29) is 16.8 Å². The Labute approximate surface area is 114 Å². The summed E-state index contributed by atoms with van der Waals surface area (Å²) in [6.07, 6.45) is 0. The number of halogens is 4. The summed E-state index contributed by atoms with van der Waals surface area (Å²) in [4.78, 5) is 0. The lowest BCUT2D eigenvalue weighted by atomic mass is 10.1. The number of hydrogen-bond acceptors (Lipinski definition) is 1. The van der Waals surface area contributed by atoms with Crippen molar-refractivity contribution in [1.82, 2.24) is 0 Å². The molecule has 2 aromatic rings. The molecule has 1 nitrogen and oxygen atoms in total. The van der Waals surface area contributed by atoms with Crippen molar-refractivity contribution in [1.29, 1.82) is 0 Å². The molecule has 0 aliphatic carbocycles. The lowest BCUT2D eigenvalue weighted by molar-refractivity contribution is 0.583. The van der Waals surface area contributed by atoms with Gasteiger partial charge in [0.25, 0.3) is 0 Å². The molecule has 0 aliphatic heterocycles. The van der Waals surface area contributed by atoms with E-state index in [9.17, 15) is 13.2 Å². The van der Waals surface area contributed by atoms with E-state index < -0.39 is 17.5 Å². The fraction of sp³-hybridized carbons (Fsp3) is 0.143. The molecule has 0 aromatic heterocycles. The Hall–Kier alpha value is -1.68. The average molecular weight is 286 g/mol. The van der Waals surface area contributed by atoms with Gasteiger partial charge in [0, 0.05) is 11.1 Å². The molecule has 1 atom stereocenters. The molecule has 0 radical (unpaired) electrons. The van der Waals surface area contributed by atoms with Crippen LogP contribution in [-0.4, -0.2) is 0 Å². The van der Waals surface area contributed by atoms with Crippen LogP contribution in [0.3, 0.4) is 0 Å². The lowest BCUT2D eigenvalue weighted by Gasteiger charge is -2.17. The zero-order valence-corrected chi connectivity index (χ0v) is 10.8. The van der Waals surface area contributed by atoms with Crippen molar-refractivity contribution in [3.8, 4) is 0 Å². The first kappa shape index (κ1) is 13.7. The minimum Gasteiger partial charge on any atom is -0.376 e. The van der Waals surface area contributed by atoms with E-state index >= 15 is 0 Å². The molecule has 100 valence electrons. The molecule has 0 spiro atoms. The van der Waals surface area contributed by atoms with Gasteiger partial charge in [-0.3, -0.25) is 0 Å². The molecule has 2 aromatic carbocycles. The van der Waals surface area contributed by atoms with Gasteiger partial charge in [0.2, 0.25) is 0 Å². The summed E-state index contributed by atoms with van der Waals surface area (Å²) in [5, 5.41) is 3.12. The molecular weight excluding hydrogens is 275 g/mol. The summed E-state index contributed by atoms with van der Waals surface area (Å²) in [7, 11) is 0. The van der Waals surface area contributed by atoms with Gasteiger partial charge >= 0.3 is 0 Å². The standard InChI is InChI=1S/C14H11ClF3N/c1-8(11-4-2-9(16)6-12(11)15)19-14-5-3-10(17)7-13(14)18/h2-8,19H,1H3. The molecule has 0 saturated heterocycles. The van der Waals surface area contributed by atoms with Crippen molar-refractivity contribution in [2.24, 2.45) is 0 Å². The maximum Gasteiger partial charge on any atom is 0.149 e. The Balaban J connectivity index is 2.23. The Bertz CT molecular complexity index is 601. The van der Waals surface area contributed by atoms with Gasteiger partial charge in [0.05, 0.1) is 11.7 Å². The molecule has 0 saturated carbocycles. The fourth-order valence-corrected chi connectivity index (χ4v) is 2.10. The highest BCUT2D eigenvalue weighted by molar-refractivity contribution is 6.31. The van der Waals surface area contributed by atoms with Crippen molar-refractivity contribution >= 4 is 17.3 Å². The quantitative estimate of drug-likeness (QED) is 0.843. The van der Waals surface area contributed by atoms with E-state index in [0.717, 1.165) is 12.1 Å². The molecule has 2 rings (SSSR count). The summed E-state index contributed by atoms with van der Waals surface area (Å²) in [6.45, 7) is 1.75. The number of benzene rings is 2. The third-order valence-corrected chi connectivity index (χ3v) is 3.06.